The number of hydrogen-bond donors (Lipinski definition) is 1. The Bertz CT molecular complexity index is 1240. The molecule has 0 aromatic heterocycles. The summed E-state index contributed by atoms with van der Waals surface area (Å²) >= 11 is 12.1. The van der Waals surface area contributed by atoms with Crippen molar-refractivity contribution in [3.05, 3.63) is 64.1 Å². The first kappa shape index (κ1) is 29.9. The zero-order valence-electron chi connectivity index (χ0n) is 22.6. The summed E-state index contributed by atoms with van der Waals surface area (Å²) in [4.78, 5) is 55.9. The molecule has 2 heterocycles. The summed E-state index contributed by atoms with van der Waals surface area (Å²) in [5, 5.41) is 3.12. The number of nitrogens with one attached hydrogen (secondary N) is 1. The van der Waals surface area contributed by atoms with Crippen LogP contribution in [0, 0.1) is 5.92 Å². The lowest BCUT2D eigenvalue weighted by atomic mass is 9.65. The zero-order chi connectivity index (χ0) is 29.0. The summed E-state index contributed by atoms with van der Waals surface area (Å²) in [5.74, 6) is -2.34. The van der Waals surface area contributed by atoms with Gasteiger partial charge in [-0.3, -0.25) is 24.1 Å². The van der Waals surface area contributed by atoms with E-state index in [0.717, 1.165) is 5.69 Å². The number of piperazine rings is 1. The normalized spacial score (nSPS) is 20.4. The van der Waals surface area contributed by atoms with E-state index >= 15 is 0 Å². The van der Waals surface area contributed by atoms with E-state index in [9.17, 15) is 19.2 Å². The number of amides is 1. The molecule has 1 amide bonds. The molecule has 2 aromatic rings. The standard InChI is InChI=1S/C28H32BCl2N3O6/c1-17(2)11-18(12-21(35)14-32-26(36)22-13-19(30)9-10-23(22)31)29-39-27(37)24-15-34(20-7-5-4-6-8-20)16-25(33(24)3)28(38)40-29/h4-10,13,17-18,24-25H,11-12,14-16H2,1-3H3,(H,32,36)/t18-,24-,25+/m1/s1. The third kappa shape index (κ3) is 7.16. The number of carbonyl (C=O) groups is 4. The SMILES string of the molecule is CC(C)C[C@H](CC(=O)CNC(=O)c1cc(Cl)ccc1Cl)B1OC(=O)[C@H]2CN(c3ccccc3)C[C@@H](C(=O)O1)N2C. The van der Waals surface area contributed by atoms with Crippen LogP contribution in [-0.2, 0) is 23.7 Å². The molecule has 0 aliphatic carbocycles. The van der Waals surface area contributed by atoms with E-state index in [-0.39, 0.29) is 35.3 Å². The molecule has 2 aromatic carbocycles. The first-order valence-electron chi connectivity index (χ1n) is 13.2. The number of para-hydroxylation sites is 1. The van der Waals surface area contributed by atoms with Crippen molar-refractivity contribution in [1.29, 1.82) is 0 Å². The second-order valence-electron chi connectivity index (χ2n) is 10.6. The lowest BCUT2D eigenvalue weighted by molar-refractivity contribution is -0.155. The smallest absolute Gasteiger partial charge is 0.498 e. The van der Waals surface area contributed by atoms with Gasteiger partial charge in [0.2, 0.25) is 0 Å². The number of anilines is 1. The van der Waals surface area contributed by atoms with Gasteiger partial charge in [-0.25, -0.2) is 0 Å². The number of nitrogens with zero attached hydrogens (tertiary/aromatic N) is 2. The molecule has 12 heteroatoms. The fourth-order valence-corrected chi connectivity index (χ4v) is 5.48. The van der Waals surface area contributed by atoms with Crippen LogP contribution in [0.25, 0.3) is 0 Å². The predicted octanol–water partition coefficient (Wildman–Crippen LogP) is 3.88. The van der Waals surface area contributed by atoms with E-state index in [1.807, 2.05) is 49.1 Å². The Morgan fingerprint density at radius 2 is 1.65 bits per heavy atom. The van der Waals surface area contributed by atoms with E-state index in [4.69, 9.17) is 32.5 Å². The van der Waals surface area contributed by atoms with Gasteiger partial charge in [0.15, 0.2) is 5.78 Å². The minimum Gasteiger partial charge on any atom is -0.498 e. The monoisotopic (exact) mass is 587 g/mol. The van der Waals surface area contributed by atoms with E-state index in [1.165, 1.54) is 12.1 Å². The number of Topliss-reactive ketones (excluding diaryl/α,β-unsaturated/α-hetero) is 1. The fraction of sp³-hybridized carbons (Fsp3) is 0.429. The summed E-state index contributed by atoms with van der Waals surface area (Å²) < 4.78 is 11.5. The second-order valence-corrected chi connectivity index (χ2v) is 11.5. The molecule has 0 radical (unpaired) electrons. The highest BCUT2D eigenvalue weighted by Crippen LogP contribution is 2.31. The Balaban J connectivity index is 1.46. The first-order chi connectivity index (χ1) is 19.0. The minimum absolute atomic E-state index is 0.0612. The number of hydrogen-bond acceptors (Lipinski definition) is 8. The molecule has 2 saturated heterocycles. The quantitative estimate of drug-likeness (QED) is 0.441. The van der Waals surface area contributed by atoms with Crippen molar-refractivity contribution in [1.82, 2.24) is 10.2 Å². The Morgan fingerprint density at radius 3 is 2.25 bits per heavy atom. The highest BCUT2D eigenvalue weighted by molar-refractivity contribution is 6.51. The van der Waals surface area contributed by atoms with E-state index in [2.05, 4.69) is 5.32 Å². The van der Waals surface area contributed by atoms with Crippen molar-refractivity contribution in [3.8, 4) is 0 Å². The molecule has 2 aliphatic heterocycles. The average molecular weight is 588 g/mol. The van der Waals surface area contributed by atoms with Crippen LogP contribution >= 0.6 is 23.2 Å². The van der Waals surface area contributed by atoms with Crippen LogP contribution in [-0.4, -0.2) is 74.4 Å². The summed E-state index contributed by atoms with van der Waals surface area (Å²) in [6.07, 6.45) is 0.403. The fourth-order valence-electron chi connectivity index (χ4n) is 5.11. The molecule has 9 nitrogen and oxygen atoms in total. The molecule has 4 rings (SSSR count). The minimum atomic E-state index is -1.22. The van der Waals surface area contributed by atoms with Crippen LogP contribution in [0.1, 0.15) is 37.0 Å². The second kappa shape index (κ2) is 13.1. The topological polar surface area (TPSA) is 105 Å². The van der Waals surface area contributed by atoms with Crippen molar-refractivity contribution in [2.75, 3.05) is 31.6 Å². The van der Waals surface area contributed by atoms with Crippen molar-refractivity contribution in [3.63, 3.8) is 0 Å². The Hall–Kier alpha value is -3.08. The van der Waals surface area contributed by atoms with Crippen LogP contribution in [0.3, 0.4) is 0 Å². The molecular weight excluding hydrogens is 556 g/mol. The number of halogens is 2. The molecule has 40 heavy (non-hydrogen) atoms. The van der Waals surface area contributed by atoms with Gasteiger partial charge < -0.3 is 19.5 Å². The third-order valence-corrected chi connectivity index (χ3v) is 7.73. The number of benzene rings is 2. The number of likely N-dealkylation sites (N-methyl/N-ethyl adjacent to an activating group) is 1. The lowest BCUT2D eigenvalue weighted by Gasteiger charge is -2.45. The van der Waals surface area contributed by atoms with Crippen molar-refractivity contribution in [2.24, 2.45) is 5.92 Å². The van der Waals surface area contributed by atoms with Gasteiger partial charge >= 0.3 is 19.1 Å². The molecule has 212 valence electrons. The maximum atomic E-state index is 13.3. The van der Waals surface area contributed by atoms with Gasteiger partial charge in [-0.05, 0) is 49.7 Å². The maximum absolute atomic E-state index is 13.3. The van der Waals surface area contributed by atoms with E-state index < -0.39 is 42.9 Å². The predicted molar refractivity (Wildman–Crippen MR) is 154 cm³/mol. The van der Waals surface area contributed by atoms with Gasteiger partial charge in [0.25, 0.3) is 5.91 Å². The van der Waals surface area contributed by atoms with Crippen molar-refractivity contribution >= 4 is 59.6 Å². The van der Waals surface area contributed by atoms with Crippen molar-refractivity contribution in [2.45, 2.75) is 44.6 Å². The Labute approximate surface area is 244 Å². The van der Waals surface area contributed by atoms with Gasteiger partial charge in [-0.2, -0.15) is 0 Å². The molecule has 3 atom stereocenters. The van der Waals surface area contributed by atoms with E-state index in [1.54, 1.807) is 18.0 Å². The number of fused-ring (bicyclic) bond motifs is 2. The summed E-state index contributed by atoms with van der Waals surface area (Å²) in [6, 6.07) is 12.7. The summed E-state index contributed by atoms with van der Waals surface area (Å²) in [5.41, 5.74) is 1.05. The van der Waals surface area contributed by atoms with Gasteiger partial charge in [-0.15, -0.1) is 0 Å². The zero-order valence-corrected chi connectivity index (χ0v) is 24.2. The molecule has 0 saturated carbocycles. The van der Waals surface area contributed by atoms with Crippen LogP contribution in [0.2, 0.25) is 15.9 Å². The molecular formula is C28H32BCl2N3O6. The van der Waals surface area contributed by atoms with Gasteiger partial charge in [0, 0.05) is 36.0 Å². The van der Waals surface area contributed by atoms with Crippen molar-refractivity contribution < 1.29 is 28.5 Å². The third-order valence-electron chi connectivity index (χ3n) is 7.17. The molecule has 2 aliphatic rings. The molecule has 2 fully saturated rings. The van der Waals surface area contributed by atoms with Crippen LogP contribution in [0.4, 0.5) is 5.69 Å². The maximum Gasteiger partial charge on any atom is 0.602 e. The Morgan fingerprint density at radius 1 is 1.02 bits per heavy atom. The van der Waals surface area contributed by atoms with Gasteiger partial charge in [0.1, 0.15) is 12.1 Å². The first-order valence-corrected chi connectivity index (χ1v) is 14.0. The lowest BCUT2D eigenvalue weighted by Crippen LogP contribution is -2.65. The van der Waals surface area contributed by atoms with E-state index in [0.29, 0.717) is 24.5 Å². The number of ketones is 1. The average Bonchev–Trinajstić information content (AvgIpc) is 2.92. The molecule has 0 spiro atoms. The summed E-state index contributed by atoms with van der Waals surface area (Å²) in [6.45, 7) is 4.36. The van der Waals surface area contributed by atoms with Crippen LogP contribution < -0.4 is 10.2 Å². The highest BCUT2D eigenvalue weighted by Gasteiger charge is 2.49. The van der Waals surface area contributed by atoms with Gasteiger partial charge in [0.05, 0.1) is 17.1 Å². The van der Waals surface area contributed by atoms with Crippen LogP contribution in [0.5, 0.6) is 0 Å². The van der Waals surface area contributed by atoms with Crippen LogP contribution in [0.15, 0.2) is 48.5 Å². The Kier molecular flexibility index (Phi) is 9.76. The highest BCUT2D eigenvalue weighted by atomic mass is 35.5. The molecule has 2 bridgehead atoms. The van der Waals surface area contributed by atoms with Gasteiger partial charge in [-0.1, -0.05) is 55.2 Å². The molecule has 0 unspecified atom stereocenters. The number of carbonyl (C=O) groups excluding carboxylic acids is 4. The largest absolute Gasteiger partial charge is 0.602 e. The summed E-state index contributed by atoms with van der Waals surface area (Å²) in [7, 11) is 0.496. The molecule has 1 N–H and O–H groups in total. The number of rotatable bonds is 9.